The molecule has 0 aliphatic heterocycles. The molecule has 0 aromatic rings. The van der Waals surface area contributed by atoms with Gasteiger partial charge in [0, 0.05) is 36.7 Å². The van der Waals surface area contributed by atoms with Crippen LogP contribution in [0, 0.1) is 0 Å². The van der Waals surface area contributed by atoms with E-state index in [0.717, 1.165) is 0 Å². The van der Waals surface area contributed by atoms with Gasteiger partial charge in [0.15, 0.2) is 0 Å². The van der Waals surface area contributed by atoms with Gasteiger partial charge in [0.2, 0.25) is 0 Å². The van der Waals surface area contributed by atoms with Crippen LogP contribution in [0.2, 0.25) is 0 Å². The van der Waals surface area contributed by atoms with E-state index in [1.165, 1.54) is 0 Å². The fraction of sp³-hybridized carbons (Fsp3) is 0. The molecule has 26 heteroatoms. The van der Waals surface area contributed by atoms with Crippen LogP contribution in [-0.4, -0.2) is 88.8 Å². The Bertz CT molecular complexity index is 194. The van der Waals surface area contributed by atoms with Crippen LogP contribution < -0.4 is 177 Å². The summed E-state index contributed by atoms with van der Waals surface area (Å²) in [6.45, 7) is 0. The summed E-state index contributed by atoms with van der Waals surface area (Å²) in [6.07, 6.45) is 0. The van der Waals surface area contributed by atoms with Gasteiger partial charge in [-0.1, -0.05) is 0 Å². The van der Waals surface area contributed by atoms with Crippen molar-refractivity contribution < 1.29 is 195 Å². The molecule has 0 heterocycles. The van der Waals surface area contributed by atoms with Crippen LogP contribution in [0.5, 0.6) is 0 Å². The molecule has 0 aliphatic carbocycles. The van der Waals surface area contributed by atoms with Gasteiger partial charge in [-0.05, 0) is 0 Å². The molecule has 0 fully saturated rings. The number of rotatable bonds is 0. The maximum Gasteiger partial charge on any atom is 3.00 e. The van der Waals surface area contributed by atoms with Crippen LogP contribution in [0.3, 0.4) is 0 Å². The van der Waals surface area contributed by atoms with Gasteiger partial charge in [-0.3, -0.25) is 0 Å². The van der Waals surface area contributed by atoms with Crippen molar-refractivity contribution >= 4 is 88.8 Å². The van der Waals surface area contributed by atoms with E-state index in [4.69, 9.17) is 56.2 Å². The first-order chi connectivity index (χ1) is 6.93. The summed E-state index contributed by atoms with van der Waals surface area (Å²) in [7, 11) is -14.5. The van der Waals surface area contributed by atoms with Crippen molar-refractivity contribution in [3.63, 3.8) is 0 Å². The third kappa shape index (κ3) is 1170. The van der Waals surface area contributed by atoms with E-state index in [1.807, 2.05) is 0 Å². The van der Waals surface area contributed by atoms with E-state index in [-0.39, 0.29) is 190 Å². The van der Waals surface area contributed by atoms with Crippen molar-refractivity contribution in [2.45, 2.75) is 0 Å². The van der Waals surface area contributed by atoms with Gasteiger partial charge in [0.25, 0.3) is 0 Å². The van der Waals surface area contributed by atoms with E-state index < -0.39 is 36.7 Å². The normalized spacial score (nSPS) is 3.69. The van der Waals surface area contributed by atoms with Crippen LogP contribution in [0.25, 0.3) is 0 Å². The molecule has 0 aromatic carbocycles. The molecule has 128 valence electrons. The van der Waals surface area contributed by atoms with E-state index in [1.54, 1.807) is 0 Å². The van der Waals surface area contributed by atoms with Crippen molar-refractivity contribution in [1.29, 1.82) is 0 Å². The quantitative estimate of drug-likeness (QED) is 0.236. The summed E-state index contributed by atoms with van der Waals surface area (Å²) in [6, 6.07) is 0. The summed E-state index contributed by atoms with van der Waals surface area (Å²) in [5.74, 6) is 0. The van der Waals surface area contributed by atoms with E-state index in [9.17, 15) is 0 Å². The molecule has 26 heavy (non-hydrogen) atoms. The molecule has 0 rings (SSSR count). The molecular weight excluding hydrogens is 596 g/mol. The molecule has 0 saturated carbocycles. The smallest absolute Gasteiger partial charge is 1.00 e. The van der Waals surface area contributed by atoms with Gasteiger partial charge in [-0.2, -0.15) is 0 Å². The Morgan fingerprint density at radius 2 is 0.346 bits per heavy atom. The standard InChI is InChI=1S/3Al.4ClH.3Na.4O3Si/c;;;;;;;;;;4*1-4(2)3/h;;;4*1H;;;;;;;/q3*+3;;;;;3*+1;4*-2/p-4. The molecule has 0 saturated heterocycles. The Hall–Kier alpha value is 4.22. The van der Waals surface area contributed by atoms with Gasteiger partial charge in [-0.15, -0.1) is 0 Å². The molecule has 0 unspecified atom stereocenters. The van der Waals surface area contributed by atoms with Gasteiger partial charge in [0.1, 0.15) is 0 Å². The average Bonchev–Trinajstić information content (AvgIpc) is 1.76. The second-order valence-electron chi connectivity index (χ2n) is 1.00. The molecule has 0 radical (unpaired) electrons. The third-order valence-corrected chi connectivity index (χ3v) is 0. The molecule has 0 N–H and O–H groups in total. The second kappa shape index (κ2) is 88.4. The van der Waals surface area contributed by atoms with Crippen molar-refractivity contribution in [3.8, 4) is 0 Å². The molecular formula is Al3Cl4Na3O12Si4. The van der Waals surface area contributed by atoms with Crippen LogP contribution >= 0.6 is 0 Å². The summed E-state index contributed by atoms with van der Waals surface area (Å²) in [4.78, 5) is 68.1. The van der Waals surface area contributed by atoms with Gasteiger partial charge >= 0.3 is 141 Å². The molecule has 0 aromatic heterocycles. The minimum Gasteiger partial charge on any atom is -1.00 e. The molecule has 0 aliphatic rings. The Kier molecular flexibility index (Phi) is 334. The summed E-state index contributed by atoms with van der Waals surface area (Å²) in [5, 5.41) is 0. The first-order valence-electron chi connectivity index (χ1n) is 2.45. The number of halogens is 4. The molecule has 0 atom stereocenters. The van der Waals surface area contributed by atoms with Gasteiger partial charge in [0.05, 0.1) is 0 Å². The first-order valence-corrected chi connectivity index (χ1v) is 7.35. The Balaban J connectivity index is -0.00000000545. The Morgan fingerprint density at radius 3 is 0.346 bits per heavy atom. The summed E-state index contributed by atoms with van der Waals surface area (Å²) < 4.78 is 34.1. The minimum absolute atomic E-state index is 0. The summed E-state index contributed by atoms with van der Waals surface area (Å²) in [5.41, 5.74) is 0. The largest absolute Gasteiger partial charge is 3.00 e. The zero-order valence-corrected chi connectivity index (χ0v) is 29.6. The Morgan fingerprint density at radius 1 is 0.346 bits per heavy atom. The van der Waals surface area contributed by atoms with Gasteiger partial charge in [-0.25, -0.2) is 0 Å². The summed E-state index contributed by atoms with van der Waals surface area (Å²) >= 11 is 0. The van der Waals surface area contributed by atoms with Crippen molar-refractivity contribution in [3.05, 3.63) is 0 Å². The fourth-order valence-electron chi connectivity index (χ4n) is 0. The van der Waals surface area contributed by atoms with Crippen LogP contribution in [0.15, 0.2) is 0 Å². The Labute approximate surface area is 278 Å². The van der Waals surface area contributed by atoms with Crippen LogP contribution in [0.1, 0.15) is 0 Å². The average molecular weight is 596 g/mol. The zero-order valence-electron chi connectivity index (χ0n) is 13.1. The first kappa shape index (κ1) is 98.1. The van der Waals surface area contributed by atoms with E-state index >= 15 is 0 Å². The minimum atomic E-state index is -3.63. The zero-order chi connectivity index (χ0) is 14.3. The van der Waals surface area contributed by atoms with Crippen LogP contribution in [-0.2, 0) is 17.8 Å². The van der Waals surface area contributed by atoms with E-state index in [0.29, 0.717) is 0 Å². The van der Waals surface area contributed by atoms with Gasteiger partial charge < -0.3 is 106 Å². The maximum atomic E-state index is 8.52. The van der Waals surface area contributed by atoms with Crippen molar-refractivity contribution in [2.24, 2.45) is 0 Å². The predicted molar refractivity (Wildman–Crippen MR) is 43.0 cm³/mol. The second-order valence-corrected chi connectivity index (χ2v) is 3.00. The third-order valence-electron chi connectivity index (χ3n) is 0. The number of hydrogen-bond donors (Lipinski definition) is 0. The molecule has 12 nitrogen and oxygen atoms in total. The maximum absolute atomic E-state index is 8.52. The fourth-order valence-corrected chi connectivity index (χ4v) is 0. The SMILES string of the molecule is O=[Si]([O-])[O-].O=[Si]([O-])[O-].O=[Si]([O-])[O-].O=[Si]([O-])[O-].[Al+3].[Al+3].[Al+3].[Cl-].[Cl-].[Cl-].[Cl-].[Na+].[Na+].[Na+]. The molecule has 0 spiro atoms. The topological polar surface area (TPSA) is 253 Å². The molecule has 0 bridgehead atoms. The number of hydrogen-bond acceptors (Lipinski definition) is 12. The molecule has 0 amide bonds. The van der Waals surface area contributed by atoms with Crippen molar-refractivity contribution in [1.82, 2.24) is 0 Å². The predicted octanol–water partition coefficient (Wildman–Crippen LogP) is -33.6. The van der Waals surface area contributed by atoms with E-state index in [2.05, 4.69) is 0 Å². The van der Waals surface area contributed by atoms with Crippen LogP contribution in [0.4, 0.5) is 0 Å². The van der Waals surface area contributed by atoms with Crippen molar-refractivity contribution in [2.75, 3.05) is 0 Å². The monoisotopic (exact) mass is 594 g/mol.